The van der Waals surface area contributed by atoms with Crippen molar-refractivity contribution in [1.82, 2.24) is 9.55 Å². The predicted octanol–water partition coefficient (Wildman–Crippen LogP) is 4.78. The molecule has 5 heteroatoms. The van der Waals surface area contributed by atoms with E-state index in [1.807, 2.05) is 42.5 Å². The smallest absolute Gasteiger partial charge is 0.266 e. The summed E-state index contributed by atoms with van der Waals surface area (Å²) in [6.07, 6.45) is 2.43. The molecule has 140 valence electrons. The lowest BCUT2D eigenvalue weighted by molar-refractivity contribution is 0.129. The van der Waals surface area contributed by atoms with E-state index >= 15 is 0 Å². The van der Waals surface area contributed by atoms with Crippen LogP contribution in [0.15, 0.2) is 58.5 Å². The van der Waals surface area contributed by atoms with Gasteiger partial charge < -0.3 is 4.74 Å². The molecule has 0 N–H and O–H groups in total. The summed E-state index contributed by atoms with van der Waals surface area (Å²) in [7, 11) is 0. The normalized spacial score (nSPS) is 17.1. The van der Waals surface area contributed by atoms with Crippen LogP contribution in [-0.4, -0.2) is 28.0 Å². The van der Waals surface area contributed by atoms with E-state index in [4.69, 9.17) is 9.72 Å². The van der Waals surface area contributed by atoms with Crippen molar-refractivity contribution in [1.29, 1.82) is 0 Å². The van der Waals surface area contributed by atoms with Gasteiger partial charge in [0.2, 0.25) is 0 Å². The van der Waals surface area contributed by atoms with Crippen LogP contribution in [0.3, 0.4) is 0 Å². The first-order valence-corrected chi connectivity index (χ1v) is 10.5. The van der Waals surface area contributed by atoms with E-state index in [-0.39, 0.29) is 11.7 Å². The van der Waals surface area contributed by atoms with Crippen LogP contribution in [0, 0.1) is 0 Å². The van der Waals surface area contributed by atoms with Crippen molar-refractivity contribution in [2.24, 2.45) is 0 Å². The zero-order chi connectivity index (χ0) is 18.8. The number of hydrogen-bond donors (Lipinski definition) is 0. The molecule has 4 rings (SSSR count). The summed E-state index contributed by atoms with van der Waals surface area (Å²) in [5.41, 5.74) is 2.81. The highest BCUT2D eigenvalue weighted by molar-refractivity contribution is 7.99. The monoisotopic (exact) mass is 380 g/mol. The quantitative estimate of drug-likeness (QED) is 0.472. The van der Waals surface area contributed by atoms with E-state index in [1.165, 1.54) is 0 Å². The molecule has 27 heavy (non-hydrogen) atoms. The average molecular weight is 381 g/mol. The average Bonchev–Trinajstić information content (AvgIpc) is 3.20. The second-order valence-corrected chi connectivity index (χ2v) is 8.20. The summed E-state index contributed by atoms with van der Waals surface area (Å²) in [5.74, 6) is 1.13. The maximum Gasteiger partial charge on any atom is 0.266 e. The maximum absolute atomic E-state index is 13.4. The second-order valence-electron chi connectivity index (χ2n) is 7.21. The van der Waals surface area contributed by atoms with Gasteiger partial charge in [-0.2, -0.15) is 0 Å². The number of rotatable bonds is 5. The molecule has 3 aromatic rings. The number of benzene rings is 2. The van der Waals surface area contributed by atoms with Crippen molar-refractivity contribution in [3.05, 3.63) is 64.4 Å². The Morgan fingerprint density at radius 2 is 1.96 bits per heavy atom. The van der Waals surface area contributed by atoms with E-state index < -0.39 is 0 Å². The molecule has 1 aliphatic heterocycles. The number of nitrogens with zero attached hydrogens (tertiary/aromatic N) is 2. The third-order valence-corrected chi connectivity index (χ3v) is 6.04. The lowest BCUT2D eigenvalue weighted by atomic mass is 10.0. The minimum absolute atomic E-state index is 0.0106. The summed E-state index contributed by atoms with van der Waals surface area (Å²) >= 11 is 1.62. The fourth-order valence-electron chi connectivity index (χ4n) is 3.54. The number of aromatic nitrogens is 2. The highest BCUT2D eigenvalue weighted by atomic mass is 32.2. The highest BCUT2D eigenvalue weighted by Crippen LogP contribution is 2.28. The molecule has 0 spiro atoms. The van der Waals surface area contributed by atoms with Gasteiger partial charge in [0, 0.05) is 12.4 Å². The molecule has 0 radical (unpaired) electrons. The van der Waals surface area contributed by atoms with E-state index in [9.17, 15) is 4.79 Å². The van der Waals surface area contributed by atoms with Crippen LogP contribution < -0.4 is 5.56 Å². The minimum Gasteiger partial charge on any atom is -0.377 e. The van der Waals surface area contributed by atoms with Crippen LogP contribution in [0.25, 0.3) is 16.6 Å². The Kier molecular flexibility index (Phi) is 5.32. The summed E-state index contributed by atoms with van der Waals surface area (Å²) < 4.78 is 7.55. The number of para-hydroxylation sites is 2. The van der Waals surface area contributed by atoms with E-state index in [0.29, 0.717) is 11.3 Å². The lowest BCUT2D eigenvalue weighted by Crippen LogP contribution is -2.23. The lowest BCUT2D eigenvalue weighted by Gasteiger charge is -2.18. The first-order valence-electron chi connectivity index (χ1n) is 9.50. The highest BCUT2D eigenvalue weighted by Gasteiger charge is 2.20. The summed E-state index contributed by atoms with van der Waals surface area (Å²) in [4.78, 5) is 18.2. The van der Waals surface area contributed by atoms with Gasteiger partial charge in [-0.15, -0.1) is 0 Å². The fraction of sp³-hybridized carbons (Fsp3) is 0.364. The Hall–Kier alpha value is -2.11. The van der Waals surface area contributed by atoms with Crippen molar-refractivity contribution >= 4 is 22.7 Å². The van der Waals surface area contributed by atoms with Crippen LogP contribution in [0.5, 0.6) is 0 Å². The van der Waals surface area contributed by atoms with Gasteiger partial charge in [-0.25, -0.2) is 4.98 Å². The van der Waals surface area contributed by atoms with E-state index in [2.05, 4.69) is 19.9 Å². The third kappa shape index (κ3) is 3.66. The largest absolute Gasteiger partial charge is 0.377 e. The molecule has 0 aliphatic carbocycles. The molecule has 0 saturated carbocycles. The predicted molar refractivity (Wildman–Crippen MR) is 111 cm³/mol. The van der Waals surface area contributed by atoms with Gasteiger partial charge in [-0.05, 0) is 42.5 Å². The van der Waals surface area contributed by atoms with Gasteiger partial charge >= 0.3 is 0 Å². The van der Waals surface area contributed by atoms with Crippen molar-refractivity contribution in [2.75, 3.05) is 12.4 Å². The van der Waals surface area contributed by atoms with Crippen LogP contribution in [0.4, 0.5) is 0 Å². The summed E-state index contributed by atoms with van der Waals surface area (Å²) in [5, 5.41) is 1.39. The molecule has 0 amide bonds. The van der Waals surface area contributed by atoms with Crippen LogP contribution in [-0.2, 0) is 4.74 Å². The Bertz CT molecular complexity index is 1010. The Balaban J connectivity index is 1.87. The topological polar surface area (TPSA) is 44.1 Å². The molecule has 4 nitrogen and oxygen atoms in total. The molecule has 2 heterocycles. The third-order valence-electron chi connectivity index (χ3n) is 4.97. The molecule has 2 aromatic carbocycles. The van der Waals surface area contributed by atoms with Crippen molar-refractivity contribution in [2.45, 2.75) is 43.9 Å². The summed E-state index contributed by atoms with van der Waals surface area (Å²) in [6, 6.07) is 15.7. The van der Waals surface area contributed by atoms with E-state index in [0.717, 1.165) is 47.1 Å². The van der Waals surface area contributed by atoms with Gasteiger partial charge in [0.15, 0.2) is 5.16 Å². The molecule has 1 saturated heterocycles. The zero-order valence-corrected chi connectivity index (χ0v) is 16.5. The van der Waals surface area contributed by atoms with Gasteiger partial charge in [0.1, 0.15) is 0 Å². The molecular weight excluding hydrogens is 356 g/mol. The van der Waals surface area contributed by atoms with Gasteiger partial charge in [-0.3, -0.25) is 9.36 Å². The SMILES string of the molecule is CC(C)c1ccccc1-n1c(SC[C@H]2CCCO2)nc2ccccc2c1=O. The summed E-state index contributed by atoms with van der Waals surface area (Å²) in [6.45, 7) is 5.13. The zero-order valence-electron chi connectivity index (χ0n) is 15.7. The second kappa shape index (κ2) is 7.87. The van der Waals surface area contributed by atoms with Gasteiger partial charge in [-0.1, -0.05) is 55.9 Å². The molecule has 0 unspecified atom stereocenters. The number of thioether (sulfide) groups is 1. The fourth-order valence-corrected chi connectivity index (χ4v) is 4.62. The Labute approximate surface area is 163 Å². The van der Waals surface area contributed by atoms with Crippen LogP contribution in [0.2, 0.25) is 0 Å². The van der Waals surface area contributed by atoms with Crippen molar-refractivity contribution in [3.63, 3.8) is 0 Å². The van der Waals surface area contributed by atoms with Crippen LogP contribution in [0.1, 0.15) is 38.2 Å². The standard InChI is InChI=1S/C22H24N2O2S/c1-15(2)17-9-4-6-12-20(17)24-21(25)18-10-3-5-11-19(18)23-22(24)27-14-16-8-7-13-26-16/h3-6,9-12,15-16H,7-8,13-14H2,1-2H3/t16-/m1/s1. The first-order chi connectivity index (χ1) is 13.1. The maximum atomic E-state index is 13.4. The molecule has 1 aromatic heterocycles. The van der Waals surface area contributed by atoms with Crippen molar-refractivity contribution < 1.29 is 4.74 Å². The van der Waals surface area contributed by atoms with Gasteiger partial charge in [0.25, 0.3) is 5.56 Å². The molecule has 1 fully saturated rings. The number of hydrogen-bond acceptors (Lipinski definition) is 4. The first kappa shape index (κ1) is 18.3. The van der Waals surface area contributed by atoms with Crippen molar-refractivity contribution in [3.8, 4) is 5.69 Å². The number of fused-ring (bicyclic) bond motifs is 1. The molecule has 1 atom stereocenters. The molecule has 0 bridgehead atoms. The molecular formula is C22H24N2O2S. The molecule has 1 aliphatic rings. The van der Waals surface area contributed by atoms with E-state index in [1.54, 1.807) is 16.3 Å². The number of ether oxygens (including phenoxy) is 1. The van der Waals surface area contributed by atoms with Gasteiger partial charge in [0.05, 0.1) is 22.7 Å². The minimum atomic E-state index is -0.0106. The Morgan fingerprint density at radius 3 is 2.74 bits per heavy atom. The van der Waals surface area contributed by atoms with Crippen LogP contribution >= 0.6 is 11.8 Å². The Morgan fingerprint density at radius 1 is 1.19 bits per heavy atom.